The molecule has 7 heteroatoms. The first kappa shape index (κ1) is 15.3. The summed E-state index contributed by atoms with van der Waals surface area (Å²) in [4.78, 5) is 0.0623. The van der Waals surface area contributed by atoms with Crippen LogP contribution in [-0.2, 0) is 10.0 Å². The molecule has 1 rings (SSSR count). The van der Waals surface area contributed by atoms with Gasteiger partial charge in [0.2, 0.25) is 10.0 Å². The van der Waals surface area contributed by atoms with Crippen molar-refractivity contribution < 1.29 is 17.9 Å². The second kappa shape index (κ2) is 5.91. The summed E-state index contributed by atoms with van der Waals surface area (Å²) in [5.41, 5.74) is 0.510. The Morgan fingerprint density at radius 2 is 1.79 bits per heavy atom. The van der Waals surface area contributed by atoms with Gasteiger partial charge < -0.3 is 9.47 Å². The molecule has 104 valence electrons. The van der Waals surface area contributed by atoms with Gasteiger partial charge in [0.25, 0.3) is 0 Å². The summed E-state index contributed by atoms with van der Waals surface area (Å²) in [6.07, 6.45) is 0. The van der Waals surface area contributed by atoms with E-state index in [2.05, 4.69) is 4.72 Å². The van der Waals surface area contributed by atoms with Crippen LogP contribution in [0.25, 0.3) is 0 Å². The normalized spacial score (nSPS) is 12.6. The Morgan fingerprint density at radius 1 is 1.26 bits per heavy atom. The lowest BCUT2D eigenvalue weighted by Crippen LogP contribution is -2.31. The maximum Gasteiger partial charge on any atom is 0.242 e. The van der Waals surface area contributed by atoms with E-state index in [1.807, 2.05) is 6.07 Å². The number of nitrogens with zero attached hydrogens (tertiary/aromatic N) is 1. The van der Waals surface area contributed by atoms with E-state index in [9.17, 15) is 8.42 Å². The Kier molecular flexibility index (Phi) is 4.75. The third-order valence-corrected chi connectivity index (χ3v) is 4.18. The maximum absolute atomic E-state index is 12.1. The summed E-state index contributed by atoms with van der Waals surface area (Å²) in [6.45, 7) is 3.11. The van der Waals surface area contributed by atoms with Gasteiger partial charge in [-0.2, -0.15) is 9.98 Å². The molecule has 0 bridgehead atoms. The first-order chi connectivity index (χ1) is 8.85. The molecule has 1 aromatic carbocycles. The van der Waals surface area contributed by atoms with Crippen LogP contribution in [0.15, 0.2) is 17.0 Å². The van der Waals surface area contributed by atoms with Gasteiger partial charge in [-0.15, -0.1) is 0 Å². The zero-order valence-electron chi connectivity index (χ0n) is 11.2. The number of aryl methyl sites for hydroxylation is 1. The molecule has 0 amide bonds. The van der Waals surface area contributed by atoms with Crippen molar-refractivity contribution in [2.45, 2.75) is 24.8 Å². The molecule has 0 heterocycles. The molecule has 0 unspecified atom stereocenters. The third-order valence-electron chi connectivity index (χ3n) is 2.50. The molecular formula is C12H16N2O4S. The molecule has 0 aliphatic rings. The molecule has 0 saturated carbocycles. The fourth-order valence-corrected chi connectivity index (χ4v) is 2.96. The van der Waals surface area contributed by atoms with E-state index in [1.165, 1.54) is 27.2 Å². The highest BCUT2D eigenvalue weighted by Gasteiger charge is 2.22. The highest BCUT2D eigenvalue weighted by molar-refractivity contribution is 7.89. The lowest BCUT2D eigenvalue weighted by molar-refractivity contribution is 0.353. The van der Waals surface area contributed by atoms with Crippen LogP contribution in [0.2, 0.25) is 0 Å². The predicted octanol–water partition coefficient (Wildman–Crippen LogP) is 1.20. The standard InChI is InChI=1S/C12H16N2O4S/c1-8-5-10(17-3)11(18-4)6-12(8)19(15,16)14-9(2)7-13/h5-6,9,14H,1-4H3/t9-/m0/s1. The number of nitrogens with one attached hydrogen (secondary N) is 1. The van der Waals surface area contributed by atoms with E-state index in [0.717, 1.165) is 0 Å². The molecule has 1 aromatic rings. The summed E-state index contributed by atoms with van der Waals surface area (Å²) in [5, 5.41) is 8.68. The van der Waals surface area contributed by atoms with Crippen molar-refractivity contribution in [1.82, 2.24) is 4.72 Å². The Hall–Kier alpha value is -1.78. The molecular weight excluding hydrogens is 268 g/mol. The Labute approximate surface area is 113 Å². The van der Waals surface area contributed by atoms with Crippen LogP contribution in [-0.4, -0.2) is 28.7 Å². The van der Waals surface area contributed by atoms with Crippen molar-refractivity contribution in [2.24, 2.45) is 0 Å². The highest BCUT2D eigenvalue weighted by Crippen LogP contribution is 2.32. The Bertz CT molecular complexity index is 605. The van der Waals surface area contributed by atoms with Gasteiger partial charge >= 0.3 is 0 Å². The van der Waals surface area contributed by atoms with Crippen LogP contribution in [0.4, 0.5) is 0 Å². The minimum Gasteiger partial charge on any atom is -0.493 e. The second-order valence-electron chi connectivity index (χ2n) is 3.94. The highest BCUT2D eigenvalue weighted by atomic mass is 32.2. The number of hydrogen-bond donors (Lipinski definition) is 1. The number of methoxy groups -OCH3 is 2. The summed E-state index contributed by atoms with van der Waals surface area (Å²) in [6, 6.07) is 3.96. The van der Waals surface area contributed by atoms with Crippen molar-refractivity contribution in [3.8, 4) is 17.6 Å². The van der Waals surface area contributed by atoms with Crippen molar-refractivity contribution >= 4 is 10.0 Å². The Morgan fingerprint density at radius 3 is 2.26 bits per heavy atom. The molecule has 1 atom stereocenters. The van der Waals surface area contributed by atoms with Crippen molar-refractivity contribution in [3.05, 3.63) is 17.7 Å². The van der Waals surface area contributed by atoms with Gasteiger partial charge in [-0.05, 0) is 25.5 Å². The fourth-order valence-electron chi connectivity index (χ4n) is 1.57. The lowest BCUT2D eigenvalue weighted by Gasteiger charge is -2.14. The molecule has 0 aliphatic carbocycles. The molecule has 0 spiro atoms. The van der Waals surface area contributed by atoms with Crippen LogP contribution >= 0.6 is 0 Å². The SMILES string of the molecule is COc1cc(C)c(S(=O)(=O)N[C@@H](C)C#N)cc1OC. The van der Waals surface area contributed by atoms with Gasteiger partial charge in [0.15, 0.2) is 11.5 Å². The molecule has 0 saturated heterocycles. The molecule has 0 aliphatic heterocycles. The van der Waals surface area contributed by atoms with Crippen LogP contribution in [0, 0.1) is 18.3 Å². The van der Waals surface area contributed by atoms with Gasteiger partial charge in [-0.3, -0.25) is 0 Å². The molecule has 0 aromatic heterocycles. The van der Waals surface area contributed by atoms with Gasteiger partial charge in [0.1, 0.15) is 6.04 Å². The third kappa shape index (κ3) is 3.36. The lowest BCUT2D eigenvalue weighted by atomic mass is 10.2. The van der Waals surface area contributed by atoms with E-state index in [1.54, 1.807) is 13.0 Å². The first-order valence-electron chi connectivity index (χ1n) is 5.50. The van der Waals surface area contributed by atoms with E-state index in [4.69, 9.17) is 14.7 Å². The van der Waals surface area contributed by atoms with Gasteiger partial charge in [-0.1, -0.05) is 0 Å². The van der Waals surface area contributed by atoms with Crippen molar-refractivity contribution in [3.63, 3.8) is 0 Å². The average molecular weight is 284 g/mol. The number of ether oxygens (including phenoxy) is 2. The maximum atomic E-state index is 12.1. The van der Waals surface area contributed by atoms with E-state index >= 15 is 0 Å². The number of hydrogen-bond acceptors (Lipinski definition) is 5. The van der Waals surface area contributed by atoms with Crippen LogP contribution in [0.5, 0.6) is 11.5 Å². The quantitative estimate of drug-likeness (QED) is 0.877. The topological polar surface area (TPSA) is 88.4 Å². The molecule has 0 fully saturated rings. The average Bonchev–Trinajstić information content (AvgIpc) is 2.37. The fraction of sp³-hybridized carbons (Fsp3) is 0.417. The summed E-state index contributed by atoms with van der Waals surface area (Å²) < 4.78 is 36.7. The van der Waals surface area contributed by atoms with Gasteiger partial charge in [0, 0.05) is 6.07 Å². The van der Waals surface area contributed by atoms with Gasteiger partial charge in [0.05, 0.1) is 25.2 Å². The Balaban J connectivity index is 3.32. The number of nitriles is 1. The minimum absolute atomic E-state index is 0.0623. The number of rotatable bonds is 5. The molecule has 0 radical (unpaired) electrons. The monoisotopic (exact) mass is 284 g/mol. The zero-order valence-corrected chi connectivity index (χ0v) is 12.0. The van der Waals surface area contributed by atoms with E-state index in [0.29, 0.717) is 17.1 Å². The first-order valence-corrected chi connectivity index (χ1v) is 6.98. The van der Waals surface area contributed by atoms with Crippen LogP contribution in [0.1, 0.15) is 12.5 Å². The van der Waals surface area contributed by atoms with Crippen LogP contribution < -0.4 is 14.2 Å². The van der Waals surface area contributed by atoms with E-state index < -0.39 is 16.1 Å². The number of benzene rings is 1. The second-order valence-corrected chi connectivity index (χ2v) is 5.63. The van der Waals surface area contributed by atoms with Crippen LogP contribution in [0.3, 0.4) is 0 Å². The largest absolute Gasteiger partial charge is 0.493 e. The molecule has 19 heavy (non-hydrogen) atoms. The van der Waals surface area contributed by atoms with Crippen molar-refractivity contribution in [1.29, 1.82) is 5.26 Å². The predicted molar refractivity (Wildman–Crippen MR) is 69.7 cm³/mol. The summed E-state index contributed by atoms with van der Waals surface area (Å²) in [5.74, 6) is 0.769. The van der Waals surface area contributed by atoms with Crippen molar-refractivity contribution in [2.75, 3.05) is 14.2 Å². The molecule has 6 nitrogen and oxygen atoms in total. The molecule has 1 N–H and O–H groups in total. The van der Waals surface area contributed by atoms with E-state index in [-0.39, 0.29) is 4.90 Å². The summed E-state index contributed by atoms with van der Waals surface area (Å²) >= 11 is 0. The minimum atomic E-state index is -3.77. The smallest absolute Gasteiger partial charge is 0.242 e. The summed E-state index contributed by atoms with van der Waals surface area (Å²) in [7, 11) is -0.869. The number of sulfonamides is 1. The van der Waals surface area contributed by atoms with Gasteiger partial charge in [-0.25, -0.2) is 8.42 Å². The zero-order chi connectivity index (χ0) is 14.6.